The maximum absolute atomic E-state index is 11.3. The number of carboxylic acid groups (broad SMARTS) is 1. The van der Waals surface area contributed by atoms with Gasteiger partial charge in [-0.25, -0.2) is 0 Å². The lowest BCUT2D eigenvalue weighted by Crippen LogP contribution is -2.28. The quantitative estimate of drug-likeness (QED) is 0.222. The summed E-state index contributed by atoms with van der Waals surface area (Å²) in [4.78, 5) is 21.6. The second-order valence-electron chi connectivity index (χ2n) is 6.92. The summed E-state index contributed by atoms with van der Waals surface area (Å²) < 4.78 is 0. The third-order valence-electron chi connectivity index (χ3n) is 4.32. The molecule has 0 aromatic heterocycles. The molecular weight excluding hydrogens is 342 g/mol. The van der Waals surface area contributed by atoms with Crippen molar-refractivity contribution in [3.63, 3.8) is 0 Å². The normalized spacial score (nSPS) is 11.4. The number of aliphatic carboxylic acids is 1. The molecule has 0 unspecified atom stereocenters. The lowest BCUT2D eigenvalue weighted by Gasteiger charge is -2.01. The number of aliphatic hydroxyl groups is 1. The van der Waals surface area contributed by atoms with Crippen LogP contribution in [-0.2, 0) is 9.59 Å². The van der Waals surface area contributed by atoms with Gasteiger partial charge in [0.1, 0.15) is 6.54 Å². The number of unbranched alkanes of at least 4 members (excludes halogenated alkanes) is 10. The van der Waals surface area contributed by atoms with Gasteiger partial charge >= 0.3 is 5.97 Å². The van der Waals surface area contributed by atoms with Crippen LogP contribution in [0.1, 0.15) is 89.9 Å². The number of hydrogen-bond acceptors (Lipinski definition) is 3. The molecule has 1 amide bonds. The van der Waals surface area contributed by atoms with Gasteiger partial charge in [-0.2, -0.15) is 0 Å². The van der Waals surface area contributed by atoms with Crippen LogP contribution in [-0.4, -0.2) is 35.2 Å². The highest BCUT2D eigenvalue weighted by Crippen LogP contribution is 2.09. The summed E-state index contributed by atoms with van der Waals surface area (Å²) in [6.45, 7) is 0.0127. The number of hydrogen-bond donors (Lipinski definition) is 3. The Hall–Kier alpha value is -1.62. The van der Waals surface area contributed by atoms with E-state index in [2.05, 4.69) is 29.6 Å². The molecule has 0 bridgehead atoms. The summed E-state index contributed by atoms with van der Waals surface area (Å²) in [6.07, 6.45) is 23.9. The van der Waals surface area contributed by atoms with Crippen LogP contribution in [0, 0.1) is 0 Å². The van der Waals surface area contributed by atoms with E-state index < -0.39 is 5.97 Å². The maximum atomic E-state index is 11.3. The second-order valence-corrected chi connectivity index (χ2v) is 6.92. The lowest BCUT2D eigenvalue weighted by molar-refractivity contribution is -0.137. The van der Waals surface area contributed by atoms with Crippen molar-refractivity contribution >= 4 is 11.9 Å². The van der Waals surface area contributed by atoms with Crippen molar-refractivity contribution in [3.8, 4) is 0 Å². The minimum absolute atomic E-state index is 0.182. The van der Waals surface area contributed by atoms with Crippen molar-refractivity contribution in [2.24, 2.45) is 0 Å². The van der Waals surface area contributed by atoms with Crippen LogP contribution in [0.5, 0.6) is 0 Å². The molecule has 0 heterocycles. The molecule has 0 radical (unpaired) electrons. The molecule has 0 aliphatic heterocycles. The fourth-order valence-electron chi connectivity index (χ4n) is 2.71. The van der Waals surface area contributed by atoms with Crippen molar-refractivity contribution in [2.45, 2.75) is 89.9 Å². The highest BCUT2D eigenvalue weighted by atomic mass is 16.4. The van der Waals surface area contributed by atoms with Gasteiger partial charge in [0.15, 0.2) is 0 Å². The van der Waals surface area contributed by atoms with E-state index in [9.17, 15) is 9.59 Å². The van der Waals surface area contributed by atoms with Crippen molar-refractivity contribution < 1.29 is 19.8 Å². The molecule has 5 heteroatoms. The second kappa shape index (κ2) is 20.7. The molecule has 0 aliphatic carbocycles. The fraction of sp³-hybridized carbons (Fsp3) is 0.727. The molecule has 0 saturated heterocycles. The smallest absolute Gasteiger partial charge is 0.322 e. The third-order valence-corrected chi connectivity index (χ3v) is 4.32. The molecule has 0 aliphatic rings. The number of carbonyl (C=O) groups excluding carboxylic acids is 1. The lowest BCUT2D eigenvalue weighted by atomic mass is 10.1. The molecule has 0 spiro atoms. The summed E-state index contributed by atoms with van der Waals surface area (Å²) in [5.41, 5.74) is 0. The van der Waals surface area contributed by atoms with Crippen LogP contribution in [0.3, 0.4) is 0 Å². The van der Waals surface area contributed by atoms with E-state index in [0.717, 1.165) is 44.9 Å². The molecule has 0 saturated carbocycles. The molecule has 5 nitrogen and oxygen atoms in total. The molecule has 0 aromatic carbocycles. The number of aliphatic hydroxyl groups excluding tert-OH is 1. The minimum Gasteiger partial charge on any atom is -0.480 e. The third kappa shape index (κ3) is 22.3. The molecule has 0 atom stereocenters. The van der Waals surface area contributed by atoms with Crippen LogP contribution in [0.4, 0.5) is 0 Å². The molecule has 0 fully saturated rings. The summed E-state index contributed by atoms with van der Waals surface area (Å²) in [6, 6.07) is 0. The Morgan fingerprint density at radius 2 is 1.11 bits per heavy atom. The van der Waals surface area contributed by atoms with Gasteiger partial charge < -0.3 is 15.5 Å². The average Bonchev–Trinajstić information content (AvgIpc) is 2.65. The van der Waals surface area contributed by atoms with Gasteiger partial charge in [-0.05, 0) is 64.2 Å². The van der Waals surface area contributed by atoms with Crippen LogP contribution < -0.4 is 5.32 Å². The fourth-order valence-corrected chi connectivity index (χ4v) is 2.71. The summed E-state index contributed by atoms with van der Waals surface area (Å²) in [5.74, 6) is -1.19. The van der Waals surface area contributed by atoms with Gasteiger partial charge in [-0.3, -0.25) is 9.59 Å². The first kappa shape index (κ1) is 25.4. The molecule has 156 valence electrons. The zero-order valence-electron chi connectivity index (χ0n) is 16.8. The molecular formula is C22H39NO4. The molecule has 0 rings (SSSR count). The first-order valence-corrected chi connectivity index (χ1v) is 10.6. The summed E-state index contributed by atoms with van der Waals surface area (Å²) in [5, 5.41) is 19.5. The Bertz CT molecular complexity index is 419. The minimum atomic E-state index is -1.01. The van der Waals surface area contributed by atoms with Crippen LogP contribution in [0.15, 0.2) is 24.3 Å². The van der Waals surface area contributed by atoms with Gasteiger partial charge in [0.25, 0.3) is 0 Å². The zero-order valence-corrected chi connectivity index (χ0v) is 16.8. The number of carboxylic acids is 1. The first-order chi connectivity index (χ1) is 13.2. The van der Waals surface area contributed by atoms with Gasteiger partial charge in [0.2, 0.25) is 5.91 Å². The topological polar surface area (TPSA) is 86.6 Å². The van der Waals surface area contributed by atoms with Crippen LogP contribution in [0.25, 0.3) is 0 Å². The van der Waals surface area contributed by atoms with Crippen LogP contribution >= 0.6 is 0 Å². The zero-order chi connectivity index (χ0) is 20.0. The van der Waals surface area contributed by atoms with E-state index in [1.54, 1.807) is 0 Å². The Labute approximate surface area is 164 Å². The number of nitrogens with one attached hydrogen (secondary N) is 1. The molecule has 0 aromatic rings. The Kier molecular flexibility index (Phi) is 19.4. The van der Waals surface area contributed by atoms with Gasteiger partial charge in [0, 0.05) is 13.0 Å². The van der Waals surface area contributed by atoms with E-state index in [-0.39, 0.29) is 12.5 Å². The van der Waals surface area contributed by atoms with E-state index >= 15 is 0 Å². The SMILES string of the molecule is O=C(O)CNC(=O)CCCC/C=C\CCCCCCC/C=C\CCCCO. The van der Waals surface area contributed by atoms with E-state index in [1.165, 1.54) is 38.5 Å². The Morgan fingerprint density at radius 3 is 1.59 bits per heavy atom. The van der Waals surface area contributed by atoms with Crippen molar-refractivity contribution in [3.05, 3.63) is 24.3 Å². The highest BCUT2D eigenvalue weighted by molar-refractivity contribution is 5.80. The van der Waals surface area contributed by atoms with Crippen molar-refractivity contribution in [1.29, 1.82) is 0 Å². The molecule has 3 N–H and O–H groups in total. The largest absolute Gasteiger partial charge is 0.480 e. The van der Waals surface area contributed by atoms with Gasteiger partial charge in [0.05, 0.1) is 0 Å². The monoisotopic (exact) mass is 381 g/mol. The number of rotatable bonds is 19. The summed E-state index contributed by atoms with van der Waals surface area (Å²) in [7, 11) is 0. The predicted molar refractivity (Wildman–Crippen MR) is 111 cm³/mol. The van der Waals surface area contributed by atoms with E-state index in [0.29, 0.717) is 13.0 Å². The number of carbonyl (C=O) groups is 2. The Balaban J connectivity index is 3.25. The Morgan fingerprint density at radius 1 is 0.667 bits per heavy atom. The van der Waals surface area contributed by atoms with Gasteiger partial charge in [-0.15, -0.1) is 0 Å². The number of amides is 1. The predicted octanol–water partition coefficient (Wildman–Crippen LogP) is 4.75. The van der Waals surface area contributed by atoms with Crippen LogP contribution in [0.2, 0.25) is 0 Å². The average molecular weight is 382 g/mol. The van der Waals surface area contributed by atoms with Crippen molar-refractivity contribution in [2.75, 3.05) is 13.2 Å². The van der Waals surface area contributed by atoms with E-state index in [4.69, 9.17) is 10.2 Å². The number of allylic oxidation sites excluding steroid dienone is 4. The standard InChI is InChI=1S/C22H39NO4/c24-19-17-15-13-11-9-7-5-3-1-2-4-6-8-10-12-14-16-18-21(25)23-20-22(26)27/h8-11,24H,1-7,12-20H2,(H,23,25)(H,26,27)/b10-8-,11-9-. The van der Waals surface area contributed by atoms with E-state index in [1.807, 2.05) is 0 Å². The first-order valence-electron chi connectivity index (χ1n) is 10.6. The highest BCUT2D eigenvalue weighted by Gasteiger charge is 2.02. The maximum Gasteiger partial charge on any atom is 0.322 e. The summed E-state index contributed by atoms with van der Waals surface area (Å²) >= 11 is 0. The molecule has 27 heavy (non-hydrogen) atoms. The van der Waals surface area contributed by atoms with Crippen molar-refractivity contribution in [1.82, 2.24) is 5.32 Å². The van der Waals surface area contributed by atoms with Gasteiger partial charge in [-0.1, -0.05) is 43.6 Å².